The second-order valence-corrected chi connectivity index (χ2v) is 12.1. The van der Waals surface area contributed by atoms with Crippen LogP contribution in [0.5, 0.6) is 5.75 Å². The van der Waals surface area contributed by atoms with Crippen molar-refractivity contribution >= 4 is 76.9 Å². The van der Waals surface area contributed by atoms with E-state index in [-0.39, 0.29) is 0 Å². The maximum Gasteiger partial charge on any atom is 0.183 e. The molecule has 3 aromatic carbocycles. The summed E-state index contributed by atoms with van der Waals surface area (Å²) in [5.41, 5.74) is 4.90. The molecule has 0 aliphatic rings. The number of pyridine rings is 1. The average molecular weight is 782 g/mol. The first-order valence-corrected chi connectivity index (χ1v) is 15.4. The molecule has 0 spiro atoms. The van der Waals surface area contributed by atoms with Crippen molar-refractivity contribution < 1.29 is 4.74 Å². The van der Waals surface area contributed by atoms with Gasteiger partial charge in [-0.25, -0.2) is 9.97 Å². The second-order valence-electron chi connectivity index (χ2n) is 9.20. The fourth-order valence-corrected chi connectivity index (χ4v) is 6.23. The summed E-state index contributed by atoms with van der Waals surface area (Å²) in [5.74, 6) is 1.72. The second kappa shape index (κ2) is 12.3. The average Bonchev–Trinajstić information content (AvgIpc) is 3.37. The van der Waals surface area contributed by atoms with Crippen LogP contribution >= 0.6 is 54.5 Å². The van der Waals surface area contributed by atoms with E-state index in [9.17, 15) is 0 Å². The Morgan fingerprint density at radius 3 is 2.29 bits per heavy atom. The molecule has 0 bridgehead atoms. The topological polar surface area (TPSA) is 69.0 Å². The van der Waals surface area contributed by atoms with Gasteiger partial charge in [0, 0.05) is 36.0 Å². The highest BCUT2D eigenvalue weighted by Crippen LogP contribution is 2.37. The van der Waals surface area contributed by atoms with Gasteiger partial charge in [0.05, 0.1) is 31.9 Å². The number of aromatic nitrogens is 5. The Bertz CT molecular complexity index is 1850. The van der Waals surface area contributed by atoms with Crippen LogP contribution in [0.4, 0.5) is 11.5 Å². The fourth-order valence-electron chi connectivity index (χ4n) is 4.67. The van der Waals surface area contributed by atoms with E-state index in [2.05, 4.69) is 94.7 Å². The van der Waals surface area contributed by atoms with Crippen molar-refractivity contribution in [2.24, 2.45) is 0 Å². The number of anilines is 2. The van der Waals surface area contributed by atoms with Crippen molar-refractivity contribution in [3.63, 3.8) is 0 Å². The molecule has 6 rings (SSSR count). The number of nitrogens with zero attached hydrogens (tertiary/aromatic N) is 6. The van der Waals surface area contributed by atoms with E-state index in [4.69, 9.17) is 19.8 Å². The molecule has 3 heterocycles. The normalized spacial score (nSPS) is 11.1. The quantitative estimate of drug-likeness (QED) is 0.145. The summed E-state index contributed by atoms with van der Waals surface area (Å²) in [5, 5.41) is 6.08. The van der Waals surface area contributed by atoms with Crippen LogP contribution in [0.1, 0.15) is 11.1 Å². The Labute approximate surface area is 268 Å². The smallest absolute Gasteiger partial charge is 0.183 e. The van der Waals surface area contributed by atoms with Crippen molar-refractivity contribution in [2.45, 2.75) is 13.1 Å². The van der Waals surface area contributed by atoms with Crippen LogP contribution < -0.4 is 9.64 Å². The highest BCUT2D eigenvalue weighted by atomic mass is 127. The third kappa shape index (κ3) is 5.73. The molecule has 0 aliphatic carbocycles. The van der Waals surface area contributed by atoms with Crippen LogP contribution in [0, 0.1) is 3.57 Å². The summed E-state index contributed by atoms with van der Waals surface area (Å²) in [4.78, 5) is 16.2. The van der Waals surface area contributed by atoms with E-state index < -0.39 is 0 Å². The van der Waals surface area contributed by atoms with Crippen molar-refractivity contribution in [1.29, 1.82) is 0 Å². The lowest BCUT2D eigenvalue weighted by Gasteiger charge is -2.26. The lowest BCUT2D eigenvalue weighted by atomic mass is 10.2. The molecule has 0 radical (unpaired) electrons. The monoisotopic (exact) mass is 780 g/mol. The molecule has 0 saturated heterocycles. The number of ether oxygens (including phenoxy) is 1. The minimum Gasteiger partial charge on any atom is -0.491 e. The number of methoxy groups -OCH3 is 1. The maximum absolute atomic E-state index is 5.79. The standard InChI is InChI=1S/C31H23Br2IN6O/c1-41-27-17-36-30(37-31(27)39(22-13-15-35-16-14-22)18-20-7-2-4-9-23(20)32)29-28-25(34)11-6-12-26(28)40(38-29)19-21-8-3-5-10-24(21)33/h2-17H,18-19H2,1H3. The van der Waals surface area contributed by atoms with Gasteiger partial charge in [0.25, 0.3) is 0 Å². The van der Waals surface area contributed by atoms with Crippen molar-refractivity contribution in [3.8, 4) is 17.3 Å². The Hall–Kier alpha value is -3.35. The summed E-state index contributed by atoms with van der Waals surface area (Å²) >= 11 is 9.75. The minimum atomic E-state index is 0.520. The van der Waals surface area contributed by atoms with Gasteiger partial charge in [-0.05, 0) is 70.1 Å². The van der Waals surface area contributed by atoms with Gasteiger partial charge in [-0.15, -0.1) is 0 Å². The Morgan fingerprint density at radius 1 is 0.878 bits per heavy atom. The Morgan fingerprint density at radius 2 is 1.59 bits per heavy atom. The third-order valence-corrected chi connectivity index (χ3v) is 9.14. The molecule has 6 aromatic rings. The van der Waals surface area contributed by atoms with Gasteiger partial charge in [0.15, 0.2) is 17.4 Å². The van der Waals surface area contributed by atoms with E-state index >= 15 is 0 Å². The summed E-state index contributed by atoms with van der Waals surface area (Å²) in [6.07, 6.45) is 5.27. The third-order valence-electron chi connectivity index (χ3n) is 6.69. The molecule has 10 heteroatoms. The summed E-state index contributed by atoms with van der Waals surface area (Å²) in [6, 6.07) is 26.5. The van der Waals surface area contributed by atoms with Gasteiger partial charge in [-0.1, -0.05) is 74.3 Å². The molecule has 0 atom stereocenters. The first-order chi connectivity index (χ1) is 20.0. The van der Waals surface area contributed by atoms with E-state index in [1.165, 1.54) is 0 Å². The minimum absolute atomic E-state index is 0.520. The number of hydrogen-bond acceptors (Lipinski definition) is 6. The molecule has 0 aliphatic heterocycles. The summed E-state index contributed by atoms with van der Waals surface area (Å²) in [7, 11) is 1.63. The van der Waals surface area contributed by atoms with Crippen LogP contribution in [0.2, 0.25) is 0 Å². The molecule has 0 N–H and O–H groups in total. The molecular formula is C31H23Br2IN6O. The largest absolute Gasteiger partial charge is 0.491 e. The summed E-state index contributed by atoms with van der Waals surface area (Å²) < 4.78 is 10.9. The van der Waals surface area contributed by atoms with Gasteiger partial charge >= 0.3 is 0 Å². The van der Waals surface area contributed by atoms with Gasteiger partial charge in [-0.3, -0.25) is 9.67 Å². The van der Waals surface area contributed by atoms with Crippen LogP contribution in [0.25, 0.3) is 22.4 Å². The van der Waals surface area contributed by atoms with Crippen molar-refractivity contribution in [3.05, 3.63) is 121 Å². The lowest BCUT2D eigenvalue weighted by molar-refractivity contribution is 0.411. The Kier molecular flexibility index (Phi) is 8.31. The predicted octanol–water partition coefficient (Wildman–Crippen LogP) is 8.41. The molecule has 41 heavy (non-hydrogen) atoms. The number of hydrogen-bond donors (Lipinski definition) is 0. The van der Waals surface area contributed by atoms with Crippen LogP contribution in [0.15, 0.2) is 106 Å². The molecule has 204 valence electrons. The predicted molar refractivity (Wildman–Crippen MR) is 177 cm³/mol. The zero-order valence-electron chi connectivity index (χ0n) is 21.9. The van der Waals surface area contributed by atoms with E-state index in [0.29, 0.717) is 30.5 Å². The lowest BCUT2D eigenvalue weighted by Crippen LogP contribution is -2.19. The molecule has 7 nitrogen and oxygen atoms in total. The van der Waals surface area contributed by atoms with Gasteiger partial charge in [0.2, 0.25) is 0 Å². The van der Waals surface area contributed by atoms with Gasteiger partial charge in [-0.2, -0.15) is 5.10 Å². The van der Waals surface area contributed by atoms with Crippen molar-refractivity contribution in [1.82, 2.24) is 24.7 Å². The van der Waals surface area contributed by atoms with Gasteiger partial charge < -0.3 is 9.64 Å². The molecular weight excluding hydrogens is 759 g/mol. The molecule has 0 amide bonds. The number of fused-ring (bicyclic) bond motifs is 1. The highest BCUT2D eigenvalue weighted by Gasteiger charge is 2.23. The van der Waals surface area contributed by atoms with Crippen molar-refractivity contribution in [2.75, 3.05) is 12.0 Å². The number of rotatable bonds is 8. The molecule has 0 saturated carbocycles. The SMILES string of the molecule is COc1cnc(-c2nn(Cc3ccccc3Br)c3cccc(I)c23)nc1N(Cc1ccccc1Br)c1ccncc1. The van der Waals surface area contributed by atoms with E-state index in [1.807, 2.05) is 53.2 Å². The van der Waals surface area contributed by atoms with Crippen LogP contribution in [-0.4, -0.2) is 31.8 Å². The molecule has 0 fully saturated rings. The number of halogens is 3. The van der Waals surface area contributed by atoms with Crippen LogP contribution in [-0.2, 0) is 13.1 Å². The first kappa shape index (κ1) is 27.8. The van der Waals surface area contributed by atoms with E-state index in [1.54, 1.807) is 25.7 Å². The zero-order valence-corrected chi connectivity index (χ0v) is 27.2. The molecule has 0 unspecified atom stereocenters. The maximum atomic E-state index is 5.79. The number of benzene rings is 3. The first-order valence-electron chi connectivity index (χ1n) is 12.7. The summed E-state index contributed by atoms with van der Waals surface area (Å²) in [6.45, 7) is 1.15. The Balaban J connectivity index is 1.51. The van der Waals surface area contributed by atoms with Crippen LogP contribution in [0.3, 0.4) is 0 Å². The molecule has 3 aromatic heterocycles. The van der Waals surface area contributed by atoms with Gasteiger partial charge in [0.1, 0.15) is 5.69 Å². The zero-order chi connectivity index (χ0) is 28.3. The van der Waals surface area contributed by atoms with E-state index in [0.717, 1.165) is 45.9 Å². The highest BCUT2D eigenvalue weighted by molar-refractivity contribution is 14.1. The fraction of sp³-hybridized carbons (Fsp3) is 0.0968.